The minimum Gasteiger partial charge on any atom is -0.310 e. The molecule has 15 heavy (non-hydrogen) atoms. The van der Waals surface area contributed by atoms with E-state index in [-0.39, 0.29) is 0 Å². The Labute approximate surface area is 96.7 Å². The summed E-state index contributed by atoms with van der Waals surface area (Å²) in [6.07, 6.45) is 1.21. The van der Waals surface area contributed by atoms with Crippen LogP contribution in [0, 0.1) is 5.92 Å². The van der Waals surface area contributed by atoms with Crippen molar-refractivity contribution >= 4 is 11.8 Å². The summed E-state index contributed by atoms with van der Waals surface area (Å²) in [5, 5.41) is 3.66. The normalized spacial score (nSPS) is 24.9. The molecular formula is C13H19NS. The van der Waals surface area contributed by atoms with Crippen LogP contribution in [-0.4, -0.2) is 12.3 Å². The van der Waals surface area contributed by atoms with Crippen LogP contribution < -0.4 is 5.32 Å². The minimum atomic E-state index is 0.558. The zero-order valence-corrected chi connectivity index (χ0v) is 10.3. The summed E-state index contributed by atoms with van der Waals surface area (Å²) in [7, 11) is 0. The summed E-state index contributed by atoms with van der Waals surface area (Å²) >= 11 is 1.99. The molecule has 0 amide bonds. The fourth-order valence-electron chi connectivity index (χ4n) is 2.10. The van der Waals surface area contributed by atoms with Crippen LogP contribution in [-0.2, 0) is 0 Å². The van der Waals surface area contributed by atoms with Crippen molar-refractivity contribution in [2.24, 2.45) is 5.92 Å². The van der Waals surface area contributed by atoms with E-state index in [9.17, 15) is 0 Å². The highest BCUT2D eigenvalue weighted by Gasteiger charge is 2.25. The standard InChI is InChI=1S/C13H19NS/c1-3-8-14-13-10(2)9-15-12-7-5-4-6-11(12)13/h4-7,10,13-14H,3,8-9H2,1-2H3. The lowest BCUT2D eigenvalue weighted by molar-refractivity contribution is 0.407. The molecule has 0 fully saturated rings. The van der Waals surface area contributed by atoms with Crippen LogP contribution in [0.3, 0.4) is 0 Å². The van der Waals surface area contributed by atoms with E-state index >= 15 is 0 Å². The first kappa shape index (κ1) is 11.0. The van der Waals surface area contributed by atoms with Gasteiger partial charge < -0.3 is 5.32 Å². The maximum absolute atomic E-state index is 3.66. The Balaban J connectivity index is 2.21. The van der Waals surface area contributed by atoms with Crippen LogP contribution in [0.2, 0.25) is 0 Å². The molecule has 2 unspecified atom stereocenters. The van der Waals surface area contributed by atoms with Crippen molar-refractivity contribution in [2.45, 2.75) is 31.2 Å². The second-order valence-electron chi connectivity index (χ2n) is 4.26. The van der Waals surface area contributed by atoms with Crippen LogP contribution in [0.15, 0.2) is 29.2 Å². The Hall–Kier alpha value is -0.470. The molecule has 1 heterocycles. The summed E-state index contributed by atoms with van der Waals surface area (Å²) in [5.41, 5.74) is 1.50. The number of hydrogen-bond donors (Lipinski definition) is 1. The van der Waals surface area contributed by atoms with Crippen molar-refractivity contribution in [2.75, 3.05) is 12.3 Å². The van der Waals surface area contributed by atoms with Crippen molar-refractivity contribution < 1.29 is 0 Å². The molecule has 2 atom stereocenters. The average Bonchev–Trinajstić information content (AvgIpc) is 2.28. The van der Waals surface area contributed by atoms with Crippen molar-refractivity contribution in [1.29, 1.82) is 0 Å². The van der Waals surface area contributed by atoms with Gasteiger partial charge in [-0.15, -0.1) is 11.8 Å². The van der Waals surface area contributed by atoms with Crippen LogP contribution in [0.1, 0.15) is 31.9 Å². The van der Waals surface area contributed by atoms with Gasteiger partial charge in [-0.3, -0.25) is 0 Å². The topological polar surface area (TPSA) is 12.0 Å². The number of hydrogen-bond acceptors (Lipinski definition) is 2. The van der Waals surface area contributed by atoms with Gasteiger partial charge in [-0.1, -0.05) is 32.0 Å². The van der Waals surface area contributed by atoms with Crippen molar-refractivity contribution in [1.82, 2.24) is 5.32 Å². The molecule has 0 spiro atoms. The Kier molecular flexibility index (Phi) is 3.71. The van der Waals surface area contributed by atoms with E-state index in [1.54, 1.807) is 0 Å². The minimum absolute atomic E-state index is 0.558. The molecule has 2 heteroatoms. The fourth-order valence-corrected chi connectivity index (χ4v) is 3.28. The molecule has 82 valence electrons. The molecule has 1 nitrogen and oxygen atoms in total. The summed E-state index contributed by atoms with van der Waals surface area (Å²) in [6.45, 7) is 5.69. The molecule has 2 rings (SSSR count). The Morgan fingerprint density at radius 1 is 1.40 bits per heavy atom. The van der Waals surface area contributed by atoms with E-state index in [1.807, 2.05) is 11.8 Å². The van der Waals surface area contributed by atoms with E-state index in [1.165, 1.54) is 22.6 Å². The SMILES string of the molecule is CCCNC1c2ccccc2SCC1C. The maximum Gasteiger partial charge on any atom is 0.0365 e. The van der Waals surface area contributed by atoms with Gasteiger partial charge in [-0.05, 0) is 30.5 Å². The summed E-state index contributed by atoms with van der Waals surface area (Å²) < 4.78 is 0. The second-order valence-corrected chi connectivity index (χ2v) is 5.32. The predicted molar refractivity (Wildman–Crippen MR) is 67.4 cm³/mol. The van der Waals surface area contributed by atoms with Crippen molar-refractivity contribution in [3.8, 4) is 0 Å². The highest BCUT2D eigenvalue weighted by molar-refractivity contribution is 7.99. The molecule has 0 radical (unpaired) electrons. The molecule has 1 N–H and O–H groups in total. The smallest absolute Gasteiger partial charge is 0.0365 e. The Morgan fingerprint density at radius 2 is 2.20 bits per heavy atom. The summed E-state index contributed by atoms with van der Waals surface area (Å²) in [5.74, 6) is 1.97. The maximum atomic E-state index is 3.66. The largest absolute Gasteiger partial charge is 0.310 e. The van der Waals surface area contributed by atoms with Crippen LogP contribution in [0.25, 0.3) is 0 Å². The van der Waals surface area contributed by atoms with Gasteiger partial charge in [-0.25, -0.2) is 0 Å². The lowest BCUT2D eigenvalue weighted by atomic mass is 9.95. The number of thioether (sulfide) groups is 1. The molecule has 1 aliphatic heterocycles. The molecule has 0 bridgehead atoms. The molecule has 0 aliphatic carbocycles. The van der Waals surface area contributed by atoms with Gasteiger partial charge in [-0.2, -0.15) is 0 Å². The number of nitrogens with one attached hydrogen (secondary N) is 1. The van der Waals surface area contributed by atoms with Crippen molar-refractivity contribution in [3.05, 3.63) is 29.8 Å². The first-order chi connectivity index (χ1) is 7.33. The average molecular weight is 221 g/mol. The Morgan fingerprint density at radius 3 is 3.00 bits per heavy atom. The third-order valence-corrected chi connectivity index (χ3v) is 4.31. The van der Waals surface area contributed by atoms with Gasteiger partial charge in [0.2, 0.25) is 0 Å². The molecule has 1 aliphatic rings. The number of benzene rings is 1. The first-order valence-electron chi connectivity index (χ1n) is 5.78. The molecule has 0 saturated heterocycles. The quantitative estimate of drug-likeness (QED) is 0.839. The Bertz CT molecular complexity index is 324. The van der Waals surface area contributed by atoms with Gasteiger partial charge in [0.05, 0.1) is 0 Å². The van der Waals surface area contributed by atoms with E-state index in [0.717, 1.165) is 12.5 Å². The molecule has 0 saturated carbocycles. The zero-order valence-electron chi connectivity index (χ0n) is 9.49. The van der Waals surface area contributed by atoms with Crippen LogP contribution in [0.4, 0.5) is 0 Å². The van der Waals surface area contributed by atoms with Gasteiger partial charge in [0.15, 0.2) is 0 Å². The first-order valence-corrected chi connectivity index (χ1v) is 6.76. The monoisotopic (exact) mass is 221 g/mol. The lowest BCUT2D eigenvalue weighted by Gasteiger charge is -2.31. The van der Waals surface area contributed by atoms with E-state index in [2.05, 4.69) is 43.4 Å². The van der Waals surface area contributed by atoms with E-state index in [4.69, 9.17) is 0 Å². The second kappa shape index (κ2) is 5.04. The summed E-state index contributed by atoms with van der Waals surface area (Å²) in [6, 6.07) is 9.36. The van der Waals surface area contributed by atoms with Gasteiger partial charge in [0.25, 0.3) is 0 Å². The van der Waals surface area contributed by atoms with Crippen molar-refractivity contribution in [3.63, 3.8) is 0 Å². The van der Waals surface area contributed by atoms with Crippen LogP contribution >= 0.6 is 11.8 Å². The molecule has 1 aromatic rings. The number of rotatable bonds is 3. The van der Waals surface area contributed by atoms with E-state index < -0.39 is 0 Å². The molecular weight excluding hydrogens is 202 g/mol. The van der Waals surface area contributed by atoms with Gasteiger partial charge in [0.1, 0.15) is 0 Å². The lowest BCUT2D eigenvalue weighted by Crippen LogP contribution is -2.31. The molecule has 0 aromatic heterocycles. The highest BCUT2D eigenvalue weighted by Crippen LogP contribution is 2.39. The fraction of sp³-hybridized carbons (Fsp3) is 0.538. The highest BCUT2D eigenvalue weighted by atomic mass is 32.2. The third kappa shape index (κ3) is 2.37. The van der Waals surface area contributed by atoms with Crippen LogP contribution in [0.5, 0.6) is 0 Å². The molecule has 1 aromatic carbocycles. The zero-order chi connectivity index (χ0) is 10.7. The van der Waals surface area contributed by atoms with Gasteiger partial charge >= 0.3 is 0 Å². The third-order valence-electron chi connectivity index (χ3n) is 2.94. The number of fused-ring (bicyclic) bond motifs is 1. The predicted octanol–water partition coefficient (Wildman–Crippen LogP) is 3.47. The summed E-state index contributed by atoms with van der Waals surface area (Å²) in [4.78, 5) is 1.46. The van der Waals surface area contributed by atoms with E-state index in [0.29, 0.717) is 6.04 Å². The van der Waals surface area contributed by atoms with Gasteiger partial charge in [0, 0.05) is 16.7 Å².